The molecule has 0 saturated heterocycles. The first kappa shape index (κ1) is 12.0. The van der Waals surface area contributed by atoms with E-state index in [9.17, 15) is 9.59 Å². The number of hydrogen-bond acceptors (Lipinski definition) is 3. The third-order valence-corrected chi connectivity index (χ3v) is 2.46. The van der Waals surface area contributed by atoms with Crippen LogP contribution in [0.25, 0.3) is 0 Å². The molecule has 0 spiro atoms. The van der Waals surface area contributed by atoms with Crippen molar-refractivity contribution in [2.45, 2.75) is 38.3 Å². The molecule has 1 aliphatic rings. The molecule has 1 aliphatic carbocycles. The zero-order chi connectivity index (χ0) is 11.4. The van der Waals surface area contributed by atoms with E-state index in [0.717, 1.165) is 12.8 Å². The number of amides is 2. The molecule has 5 heteroatoms. The SMILES string of the molecule is CC[C@@H](N)C(=O)N(C)CC(=O)NC1CC1. The summed E-state index contributed by atoms with van der Waals surface area (Å²) >= 11 is 0. The van der Waals surface area contributed by atoms with Gasteiger partial charge < -0.3 is 16.0 Å². The molecule has 0 aromatic heterocycles. The molecule has 3 N–H and O–H groups in total. The highest BCUT2D eigenvalue weighted by Crippen LogP contribution is 2.18. The Morgan fingerprint density at radius 1 is 1.53 bits per heavy atom. The van der Waals surface area contributed by atoms with Crippen LogP contribution < -0.4 is 11.1 Å². The molecule has 1 fully saturated rings. The minimum absolute atomic E-state index is 0.100. The van der Waals surface area contributed by atoms with Gasteiger partial charge in [-0.3, -0.25) is 9.59 Å². The van der Waals surface area contributed by atoms with Crippen LogP contribution in [0.5, 0.6) is 0 Å². The van der Waals surface area contributed by atoms with Crippen LogP contribution in [0.15, 0.2) is 0 Å². The lowest BCUT2D eigenvalue weighted by Gasteiger charge is -2.19. The molecular formula is C10H19N3O2. The van der Waals surface area contributed by atoms with Gasteiger partial charge in [-0.1, -0.05) is 6.92 Å². The Morgan fingerprint density at radius 2 is 2.13 bits per heavy atom. The van der Waals surface area contributed by atoms with Crippen LogP contribution in [-0.2, 0) is 9.59 Å². The van der Waals surface area contributed by atoms with E-state index in [4.69, 9.17) is 5.73 Å². The molecule has 2 amide bonds. The highest BCUT2D eigenvalue weighted by atomic mass is 16.2. The van der Waals surface area contributed by atoms with E-state index >= 15 is 0 Å². The Labute approximate surface area is 90.0 Å². The molecular weight excluding hydrogens is 194 g/mol. The van der Waals surface area contributed by atoms with Gasteiger partial charge in [-0.05, 0) is 19.3 Å². The van der Waals surface area contributed by atoms with Gasteiger partial charge in [0, 0.05) is 13.1 Å². The van der Waals surface area contributed by atoms with Crippen molar-refractivity contribution in [1.82, 2.24) is 10.2 Å². The number of rotatable bonds is 5. The fraction of sp³-hybridized carbons (Fsp3) is 0.800. The molecule has 0 aromatic carbocycles. The molecule has 15 heavy (non-hydrogen) atoms. The van der Waals surface area contributed by atoms with Gasteiger partial charge in [0.25, 0.3) is 0 Å². The Kier molecular flexibility index (Phi) is 4.08. The third kappa shape index (κ3) is 3.87. The standard InChI is InChI=1S/C10H19N3O2/c1-3-8(11)10(15)13(2)6-9(14)12-7-4-5-7/h7-8H,3-6,11H2,1-2H3,(H,12,14)/t8-/m1/s1. The Bertz CT molecular complexity index is 251. The predicted molar refractivity (Wildman–Crippen MR) is 57.1 cm³/mol. The summed E-state index contributed by atoms with van der Waals surface area (Å²) in [7, 11) is 1.60. The smallest absolute Gasteiger partial charge is 0.239 e. The molecule has 5 nitrogen and oxygen atoms in total. The van der Waals surface area contributed by atoms with Crippen molar-refractivity contribution >= 4 is 11.8 Å². The van der Waals surface area contributed by atoms with E-state index in [1.165, 1.54) is 4.90 Å². The van der Waals surface area contributed by atoms with Gasteiger partial charge in [-0.2, -0.15) is 0 Å². The van der Waals surface area contributed by atoms with Gasteiger partial charge in [0.1, 0.15) is 0 Å². The summed E-state index contributed by atoms with van der Waals surface area (Å²) in [5.41, 5.74) is 5.58. The fourth-order valence-corrected chi connectivity index (χ4v) is 1.25. The first-order valence-electron chi connectivity index (χ1n) is 5.34. The quantitative estimate of drug-likeness (QED) is 0.644. The summed E-state index contributed by atoms with van der Waals surface area (Å²) in [4.78, 5) is 24.3. The maximum atomic E-state index is 11.5. The number of hydrogen-bond donors (Lipinski definition) is 2. The summed E-state index contributed by atoms with van der Waals surface area (Å²) in [5.74, 6) is -0.278. The molecule has 1 saturated carbocycles. The lowest BCUT2D eigenvalue weighted by Crippen LogP contribution is -2.45. The molecule has 0 bridgehead atoms. The average molecular weight is 213 g/mol. The van der Waals surface area contributed by atoms with Crippen molar-refractivity contribution in [3.8, 4) is 0 Å². The summed E-state index contributed by atoms with van der Waals surface area (Å²) in [6, 6.07) is -0.162. The number of likely N-dealkylation sites (N-methyl/N-ethyl adjacent to an activating group) is 1. The molecule has 0 aliphatic heterocycles. The first-order chi connectivity index (χ1) is 7.04. The molecule has 0 unspecified atom stereocenters. The zero-order valence-corrected chi connectivity index (χ0v) is 9.32. The van der Waals surface area contributed by atoms with Crippen LogP contribution in [0.4, 0.5) is 0 Å². The molecule has 0 heterocycles. The summed E-state index contributed by atoms with van der Waals surface area (Å²) in [6.45, 7) is 1.95. The van der Waals surface area contributed by atoms with Crippen molar-refractivity contribution in [2.24, 2.45) is 5.73 Å². The lowest BCUT2D eigenvalue weighted by molar-refractivity contribution is -0.135. The maximum Gasteiger partial charge on any atom is 0.239 e. The lowest BCUT2D eigenvalue weighted by atomic mass is 10.2. The van der Waals surface area contributed by atoms with E-state index in [1.807, 2.05) is 6.92 Å². The Balaban J connectivity index is 2.29. The number of carbonyl (C=O) groups excluding carboxylic acids is 2. The zero-order valence-electron chi connectivity index (χ0n) is 9.32. The molecule has 0 radical (unpaired) electrons. The van der Waals surface area contributed by atoms with E-state index < -0.39 is 6.04 Å². The summed E-state index contributed by atoms with van der Waals surface area (Å²) < 4.78 is 0. The second kappa shape index (κ2) is 5.11. The van der Waals surface area contributed by atoms with Crippen LogP contribution >= 0.6 is 0 Å². The topological polar surface area (TPSA) is 75.4 Å². The summed E-state index contributed by atoms with van der Waals surface area (Å²) in [5, 5.41) is 2.82. The van der Waals surface area contributed by atoms with Crippen LogP contribution in [0, 0.1) is 0 Å². The molecule has 1 rings (SSSR count). The highest BCUT2D eigenvalue weighted by molar-refractivity contribution is 5.87. The number of nitrogens with zero attached hydrogens (tertiary/aromatic N) is 1. The Morgan fingerprint density at radius 3 is 2.60 bits per heavy atom. The fourth-order valence-electron chi connectivity index (χ4n) is 1.25. The van der Waals surface area contributed by atoms with Gasteiger partial charge in [0.2, 0.25) is 11.8 Å². The van der Waals surface area contributed by atoms with Gasteiger partial charge in [-0.25, -0.2) is 0 Å². The number of carbonyl (C=O) groups is 2. The van der Waals surface area contributed by atoms with Crippen LogP contribution in [0.2, 0.25) is 0 Å². The van der Waals surface area contributed by atoms with E-state index in [1.54, 1.807) is 7.05 Å². The van der Waals surface area contributed by atoms with Crippen molar-refractivity contribution in [1.29, 1.82) is 0 Å². The van der Waals surface area contributed by atoms with E-state index in [-0.39, 0.29) is 18.4 Å². The highest BCUT2D eigenvalue weighted by Gasteiger charge is 2.25. The minimum Gasteiger partial charge on any atom is -0.352 e. The second-order valence-corrected chi connectivity index (χ2v) is 4.05. The van der Waals surface area contributed by atoms with E-state index in [2.05, 4.69) is 5.32 Å². The van der Waals surface area contributed by atoms with Gasteiger partial charge in [0.05, 0.1) is 12.6 Å². The minimum atomic E-state index is -0.497. The normalized spacial score (nSPS) is 17.0. The second-order valence-electron chi connectivity index (χ2n) is 4.05. The largest absolute Gasteiger partial charge is 0.352 e. The third-order valence-electron chi connectivity index (χ3n) is 2.46. The number of nitrogens with one attached hydrogen (secondary N) is 1. The van der Waals surface area contributed by atoms with Crippen molar-refractivity contribution in [2.75, 3.05) is 13.6 Å². The maximum absolute atomic E-state index is 11.5. The Hall–Kier alpha value is -1.10. The van der Waals surface area contributed by atoms with Crippen molar-refractivity contribution < 1.29 is 9.59 Å². The van der Waals surface area contributed by atoms with Gasteiger partial charge >= 0.3 is 0 Å². The predicted octanol–water partition coefficient (Wildman–Crippen LogP) is -0.539. The monoisotopic (exact) mass is 213 g/mol. The van der Waals surface area contributed by atoms with Crippen LogP contribution in [0.1, 0.15) is 26.2 Å². The first-order valence-corrected chi connectivity index (χ1v) is 5.34. The van der Waals surface area contributed by atoms with Gasteiger partial charge in [0.15, 0.2) is 0 Å². The van der Waals surface area contributed by atoms with Crippen LogP contribution in [-0.4, -0.2) is 42.4 Å². The van der Waals surface area contributed by atoms with Crippen molar-refractivity contribution in [3.63, 3.8) is 0 Å². The summed E-state index contributed by atoms with van der Waals surface area (Å²) in [6.07, 6.45) is 2.70. The van der Waals surface area contributed by atoms with Gasteiger partial charge in [-0.15, -0.1) is 0 Å². The van der Waals surface area contributed by atoms with Crippen molar-refractivity contribution in [3.05, 3.63) is 0 Å². The molecule has 0 aromatic rings. The molecule has 86 valence electrons. The van der Waals surface area contributed by atoms with E-state index in [0.29, 0.717) is 12.5 Å². The number of nitrogens with two attached hydrogens (primary N) is 1. The van der Waals surface area contributed by atoms with Crippen LogP contribution in [0.3, 0.4) is 0 Å². The molecule has 1 atom stereocenters. The average Bonchev–Trinajstić information content (AvgIpc) is 2.98.